The third-order valence-electron chi connectivity index (χ3n) is 9.33. The van der Waals surface area contributed by atoms with Crippen LogP contribution in [0.5, 0.6) is 5.75 Å². The molecule has 0 radical (unpaired) electrons. The Kier molecular flexibility index (Phi) is 13.7. The largest absolute Gasteiger partial charge is 0.505 e. The molecular weight excluding hydrogens is 1060 g/mol. The van der Waals surface area contributed by atoms with Crippen molar-refractivity contribution in [3.63, 3.8) is 0 Å². The van der Waals surface area contributed by atoms with Gasteiger partial charge in [-0.1, -0.05) is 0 Å². The van der Waals surface area contributed by atoms with Crippen molar-refractivity contribution in [1.29, 1.82) is 0 Å². The number of phenols is 1. The summed E-state index contributed by atoms with van der Waals surface area (Å²) in [6, 6.07) is 5.82. The molecule has 0 unspecified atom stereocenters. The standard InChI is InChI=1S/C34H21F2N11O21S4/c35-16-9-18(24(46(53)54)11-22(16)44(49)50)38-14-1-3-26(69(57,58)59)20(7-14)40-42-32-28(71(63,64)65)5-13-6-29(72(66,67)68)33(34(48)30(13)31(32)37)43-41-21-8-15(2-4-27(21)70(60,61)62)39-19-10-17(36)23(45(51)52)12-25(19)47(55)56/h1-12,38-39,48H,37H2,(H,57,58,59)(H,60,61,62)(H,63,64,65)(H,66,67,68)/b42-40+,43-41+. The van der Waals surface area contributed by atoms with Crippen LogP contribution in [0, 0.1) is 52.1 Å². The normalized spacial score (nSPS) is 12.4. The summed E-state index contributed by atoms with van der Waals surface area (Å²) in [4.78, 5) is 35.6. The van der Waals surface area contributed by atoms with E-state index < -0.39 is 182 Å². The Hall–Kier alpha value is -8.92. The lowest BCUT2D eigenvalue weighted by atomic mass is 10.1. The summed E-state index contributed by atoms with van der Waals surface area (Å²) in [6.07, 6.45) is 0. The van der Waals surface area contributed by atoms with Crippen molar-refractivity contribution in [3.05, 3.63) is 125 Å². The third-order valence-corrected chi connectivity index (χ3v) is 12.9. The van der Waals surface area contributed by atoms with E-state index in [-0.39, 0.29) is 12.1 Å². The van der Waals surface area contributed by atoms with Gasteiger partial charge in [-0.25, -0.2) is 0 Å². The number of rotatable bonds is 16. The molecule has 0 aliphatic rings. The molecule has 0 aliphatic heterocycles. The van der Waals surface area contributed by atoms with Crippen LogP contribution in [0.1, 0.15) is 0 Å². The van der Waals surface area contributed by atoms with E-state index in [4.69, 9.17) is 5.73 Å². The molecule has 9 N–H and O–H groups in total. The van der Waals surface area contributed by atoms with E-state index in [0.717, 1.165) is 12.1 Å². The van der Waals surface area contributed by atoms with Crippen LogP contribution in [0.15, 0.2) is 113 Å². The first kappa shape index (κ1) is 52.5. The molecule has 0 heterocycles. The summed E-state index contributed by atoms with van der Waals surface area (Å²) in [6.45, 7) is 0. The molecular formula is C34H21F2N11O21S4. The van der Waals surface area contributed by atoms with Crippen molar-refractivity contribution in [2.75, 3.05) is 16.4 Å². The van der Waals surface area contributed by atoms with Gasteiger partial charge in [-0.05, 0) is 53.9 Å². The van der Waals surface area contributed by atoms with Crippen LogP contribution < -0.4 is 16.4 Å². The minimum Gasteiger partial charge on any atom is -0.505 e. The second-order valence-corrected chi connectivity index (χ2v) is 19.5. The smallest absolute Gasteiger partial charge is 0.311 e. The van der Waals surface area contributed by atoms with Gasteiger partial charge in [0.1, 0.15) is 53.7 Å². The number of nitrogens with zero attached hydrogens (tertiary/aromatic N) is 8. The number of halogens is 2. The highest BCUT2D eigenvalue weighted by atomic mass is 32.2. The SMILES string of the molecule is Nc1c(/N=N/c2cc(Nc3cc(F)c([N+](=O)[O-])cc3[N+](=O)[O-])ccc2S(=O)(=O)O)c(S(=O)(=O)O)cc2cc(S(=O)(=O)O)c(/N=N/c3cc(Nc4cc(F)c([N+](=O)[O-])cc4[N+](=O)[O-])ccc3S(=O)(=O)O)c(O)c12. The Morgan fingerprint density at radius 3 is 1.18 bits per heavy atom. The zero-order valence-electron chi connectivity index (χ0n) is 34.2. The maximum Gasteiger partial charge on any atom is 0.311 e. The number of hydrogen-bond donors (Lipinski definition) is 8. The van der Waals surface area contributed by atoms with E-state index in [2.05, 4.69) is 31.1 Å². The number of azo groups is 2. The molecule has 6 rings (SSSR count). The van der Waals surface area contributed by atoms with Gasteiger partial charge in [-0.15, -0.1) is 20.5 Å². The van der Waals surface area contributed by atoms with Crippen molar-refractivity contribution >= 4 is 125 Å². The number of aromatic hydroxyl groups is 1. The molecule has 72 heavy (non-hydrogen) atoms. The number of benzene rings is 6. The monoisotopic (exact) mass is 1080 g/mol. The molecule has 0 spiro atoms. The van der Waals surface area contributed by atoms with Crippen molar-refractivity contribution < 1.29 is 85.5 Å². The zero-order chi connectivity index (χ0) is 53.7. The number of fused-ring (bicyclic) bond motifs is 1. The molecule has 0 atom stereocenters. The number of nitrogen functional groups attached to an aromatic ring is 1. The van der Waals surface area contributed by atoms with Crippen molar-refractivity contribution in [1.82, 2.24) is 0 Å². The quantitative estimate of drug-likeness (QED) is 0.0154. The fraction of sp³-hybridized carbons (Fsp3) is 0. The average Bonchev–Trinajstić information content (AvgIpc) is 3.23. The Morgan fingerprint density at radius 1 is 0.486 bits per heavy atom. The van der Waals surface area contributed by atoms with E-state index in [0.29, 0.717) is 48.5 Å². The highest BCUT2D eigenvalue weighted by molar-refractivity contribution is 7.86. The number of anilines is 5. The van der Waals surface area contributed by atoms with Crippen LogP contribution in [-0.4, -0.2) is 76.7 Å². The van der Waals surface area contributed by atoms with Gasteiger partial charge in [0.15, 0.2) is 5.75 Å². The van der Waals surface area contributed by atoms with Gasteiger partial charge in [-0.3, -0.25) is 58.7 Å². The highest BCUT2D eigenvalue weighted by Gasteiger charge is 2.31. The molecule has 6 aromatic rings. The lowest BCUT2D eigenvalue weighted by Crippen LogP contribution is -2.04. The van der Waals surface area contributed by atoms with Crippen LogP contribution in [0.25, 0.3) is 10.8 Å². The molecule has 0 amide bonds. The Morgan fingerprint density at radius 2 is 0.833 bits per heavy atom. The number of nitrogens with one attached hydrogen (secondary N) is 2. The average molecular weight is 1090 g/mol. The predicted molar refractivity (Wildman–Crippen MR) is 237 cm³/mol. The lowest BCUT2D eigenvalue weighted by Gasteiger charge is -2.14. The molecule has 0 saturated carbocycles. The molecule has 38 heteroatoms. The molecule has 0 fully saturated rings. The van der Waals surface area contributed by atoms with Gasteiger partial charge in [0.25, 0.3) is 51.8 Å². The number of nitro groups is 4. The first-order chi connectivity index (χ1) is 33.2. The second kappa shape index (κ2) is 18.8. The van der Waals surface area contributed by atoms with Crippen LogP contribution >= 0.6 is 0 Å². The summed E-state index contributed by atoms with van der Waals surface area (Å²) in [5.41, 5.74) is -6.88. The third kappa shape index (κ3) is 10.8. The van der Waals surface area contributed by atoms with Crippen LogP contribution in [0.4, 0.5) is 82.7 Å². The van der Waals surface area contributed by atoms with Gasteiger partial charge in [0.05, 0.1) is 42.9 Å². The van der Waals surface area contributed by atoms with E-state index in [1.54, 1.807) is 0 Å². The maximum atomic E-state index is 14.5. The number of hydrogen-bond acceptors (Lipinski definition) is 24. The summed E-state index contributed by atoms with van der Waals surface area (Å²) in [5.74, 6) is -4.66. The Bertz CT molecular complexity index is 3710. The van der Waals surface area contributed by atoms with E-state index in [1.165, 1.54) is 0 Å². The number of phenolic OH excluding ortho intramolecular Hbond substituents is 1. The van der Waals surface area contributed by atoms with Gasteiger partial charge in [0, 0.05) is 23.5 Å². The first-order valence-corrected chi connectivity index (χ1v) is 23.9. The van der Waals surface area contributed by atoms with Crippen molar-refractivity contribution in [2.24, 2.45) is 20.5 Å². The molecule has 32 nitrogen and oxygen atoms in total. The summed E-state index contributed by atoms with van der Waals surface area (Å²) in [5, 5.41) is 74.1. The van der Waals surface area contributed by atoms with Gasteiger partial charge < -0.3 is 21.5 Å². The number of nitro benzene ring substituents is 4. The second-order valence-electron chi connectivity index (χ2n) is 13.9. The predicted octanol–water partition coefficient (Wildman–Crippen LogP) is 7.34. The van der Waals surface area contributed by atoms with Crippen LogP contribution in [-0.2, 0) is 40.5 Å². The molecule has 0 bridgehead atoms. The first-order valence-electron chi connectivity index (χ1n) is 18.1. The van der Waals surface area contributed by atoms with Gasteiger partial charge in [0.2, 0.25) is 11.6 Å². The topological polar surface area (TPSA) is 510 Å². The Balaban J connectivity index is 1.54. The Labute approximate surface area is 396 Å². The highest BCUT2D eigenvalue weighted by Crippen LogP contribution is 2.49. The lowest BCUT2D eigenvalue weighted by molar-refractivity contribution is -0.395. The molecule has 0 saturated heterocycles. The molecule has 6 aromatic carbocycles. The maximum absolute atomic E-state index is 14.5. The summed E-state index contributed by atoms with van der Waals surface area (Å²) in [7, 11) is -22.0. The van der Waals surface area contributed by atoms with Crippen LogP contribution in [0.3, 0.4) is 0 Å². The summed E-state index contributed by atoms with van der Waals surface area (Å²) < 4.78 is 169. The van der Waals surface area contributed by atoms with E-state index >= 15 is 0 Å². The van der Waals surface area contributed by atoms with Crippen LogP contribution in [0.2, 0.25) is 0 Å². The molecule has 0 aromatic heterocycles. The zero-order valence-corrected chi connectivity index (χ0v) is 37.5. The van der Waals surface area contributed by atoms with Gasteiger partial charge in [-0.2, -0.15) is 42.5 Å². The molecule has 376 valence electrons. The fourth-order valence-corrected chi connectivity index (χ4v) is 8.83. The van der Waals surface area contributed by atoms with Crippen molar-refractivity contribution in [3.8, 4) is 5.75 Å². The minimum atomic E-state index is -5.66. The van der Waals surface area contributed by atoms with Gasteiger partial charge >= 0.3 is 11.4 Å². The van der Waals surface area contributed by atoms with E-state index in [9.17, 15) is 106 Å². The minimum absolute atomic E-state index is 0.238. The van der Waals surface area contributed by atoms with E-state index in [1.807, 2.05) is 0 Å². The number of nitrogens with two attached hydrogens (primary N) is 1. The van der Waals surface area contributed by atoms with Crippen molar-refractivity contribution in [2.45, 2.75) is 19.6 Å². The summed E-state index contributed by atoms with van der Waals surface area (Å²) >= 11 is 0. The molecule has 0 aliphatic carbocycles. The fourth-order valence-electron chi connectivity index (χ4n) is 6.29.